The van der Waals surface area contributed by atoms with Gasteiger partial charge in [-0.1, -0.05) is 0 Å². The van der Waals surface area contributed by atoms with Crippen molar-refractivity contribution in [3.05, 3.63) is 51.5 Å². The normalized spacial score (nSPS) is 10.6. The summed E-state index contributed by atoms with van der Waals surface area (Å²) in [6.45, 7) is 0. The van der Waals surface area contributed by atoms with Gasteiger partial charge in [0.2, 0.25) is 5.03 Å². The minimum absolute atomic E-state index is 0. The van der Waals surface area contributed by atoms with Crippen molar-refractivity contribution < 1.29 is 13.2 Å². The second kappa shape index (κ2) is 10.5. The summed E-state index contributed by atoms with van der Waals surface area (Å²) in [5, 5.41) is 8.14. The molecule has 4 heterocycles. The van der Waals surface area contributed by atoms with Gasteiger partial charge in [0.1, 0.15) is 16.7 Å². The van der Waals surface area contributed by atoms with Gasteiger partial charge in [-0.15, -0.1) is 5.10 Å². The first-order valence-corrected chi connectivity index (χ1v) is 11.5. The predicted octanol–water partition coefficient (Wildman–Crippen LogP) is 2.28. The van der Waals surface area contributed by atoms with Crippen molar-refractivity contribution in [3.63, 3.8) is 0 Å². The van der Waals surface area contributed by atoms with Crippen molar-refractivity contribution in [2.24, 2.45) is 0 Å². The monoisotopic (exact) mass is 490 g/mol. The van der Waals surface area contributed by atoms with E-state index in [-0.39, 0.29) is 25.6 Å². The molecule has 0 atom stereocenters. The van der Waals surface area contributed by atoms with E-state index in [0.717, 1.165) is 23.1 Å². The first kappa shape index (κ1) is 28.4. The molecule has 0 aromatic carbocycles. The zero-order valence-electron chi connectivity index (χ0n) is 20.9. The quantitative estimate of drug-likeness (QED) is 0.413. The Morgan fingerprint density at radius 3 is 1.71 bits per heavy atom. The molecule has 11 nitrogen and oxygen atoms in total. The maximum atomic E-state index is 11.5. The van der Waals surface area contributed by atoms with Crippen molar-refractivity contribution >= 4 is 43.6 Å². The highest BCUT2D eigenvalue weighted by Gasteiger charge is 2.21. The molecule has 0 fully saturated rings. The number of nitrogens with zero attached hydrogens (tertiary/aromatic N) is 6. The van der Waals surface area contributed by atoms with E-state index in [0.29, 0.717) is 17.1 Å². The lowest BCUT2D eigenvalue weighted by Gasteiger charge is -2.13. The molecule has 188 valence electrons. The molecule has 0 aliphatic rings. The van der Waals surface area contributed by atoms with Crippen LogP contribution >= 0.6 is 0 Å². The summed E-state index contributed by atoms with van der Waals surface area (Å²) < 4.78 is 31.4. The van der Waals surface area contributed by atoms with Crippen LogP contribution in [0.3, 0.4) is 0 Å². The van der Waals surface area contributed by atoms with Crippen molar-refractivity contribution in [1.29, 1.82) is 0 Å². The van der Waals surface area contributed by atoms with Crippen molar-refractivity contribution in [2.75, 3.05) is 62.8 Å². The minimum Gasteiger partial charge on any atom is -0.478 e. The summed E-state index contributed by atoms with van der Waals surface area (Å²) in [5.41, 5.74) is 15.9. The van der Waals surface area contributed by atoms with E-state index in [9.17, 15) is 8.42 Å². The predicted molar refractivity (Wildman–Crippen MR) is 140 cm³/mol. The second-order valence-corrected chi connectivity index (χ2v) is 9.51. The molecule has 0 spiro atoms. The summed E-state index contributed by atoms with van der Waals surface area (Å²) in [6, 6.07) is 7.57. The van der Waals surface area contributed by atoms with Crippen LogP contribution in [0.5, 0.6) is 5.88 Å². The number of ether oxygens (including phenoxy) is 1. The third kappa shape index (κ3) is 5.11. The molecule has 0 radical (unpaired) electrons. The van der Waals surface area contributed by atoms with E-state index in [4.69, 9.17) is 16.2 Å². The molecule has 12 heteroatoms. The summed E-state index contributed by atoms with van der Waals surface area (Å²) in [7, 11) is 5.81. The highest BCUT2D eigenvalue weighted by atomic mass is 32.2. The molecule has 4 rings (SSSR count). The molecule has 0 amide bonds. The zero-order chi connectivity index (χ0) is 23.8. The average Bonchev–Trinajstić information content (AvgIpc) is 3.25. The first-order valence-electron chi connectivity index (χ1n) is 9.59. The standard InChI is InChI=1S/C10H14N4O2S.C10H14N4O.2CH3/c1-13(2)7-5-4-6-14-9(7)8(11)10(12-14)17(3,15)16;1-13(2)7-5-4-6-14-9(7)8(11)10(12-14)15-3;;/h4-6H,11H2,1-3H3;4-6H,11H2,1-3H3;2*1H3/q;;2*-1. The Bertz CT molecular complexity index is 1370. The fourth-order valence-corrected chi connectivity index (χ4v) is 4.05. The van der Waals surface area contributed by atoms with E-state index < -0.39 is 9.84 Å². The van der Waals surface area contributed by atoms with Crippen LogP contribution in [0.15, 0.2) is 41.7 Å². The zero-order valence-corrected chi connectivity index (χ0v) is 21.8. The lowest BCUT2D eigenvalue weighted by molar-refractivity contribution is 0.397. The highest BCUT2D eigenvalue weighted by molar-refractivity contribution is 7.90. The molecule has 0 aliphatic carbocycles. The molecule has 4 N–H and O–H groups in total. The number of fused-ring (bicyclic) bond motifs is 2. The van der Waals surface area contributed by atoms with Crippen LogP contribution in [0.25, 0.3) is 11.0 Å². The lowest BCUT2D eigenvalue weighted by atomic mass is 10.3. The number of methoxy groups -OCH3 is 1. The number of nitrogens with two attached hydrogens (primary N) is 2. The Morgan fingerprint density at radius 2 is 1.29 bits per heavy atom. The number of sulfone groups is 1. The van der Waals surface area contributed by atoms with Gasteiger partial charge in [0.25, 0.3) is 5.88 Å². The number of pyridine rings is 2. The molecule has 0 aliphatic heterocycles. The van der Waals surface area contributed by atoms with Crippen LogP contribution < -0.4 is 26.0 Å². The van der Waals surface area contributed by atoms with Gasteiger partial charge in [0, 0.05) is 46.8 Å². The minimum atomic E-state index is -3.41. The van der Waals surface area contributed by atoms with Crippen LogP contribution in [0, 0.1) is 14.9 Å². The van der Waals surface area contributed by atoms with Crippen LogP contribution in [0.2, 0.25) is 0 Å². The molecular formula is C22H34N8O3S-2. The topological polar surface area (TPSA) is 136 Å². The number of hydrogen-bond donors (Lipinski definition) is 2. The molecule has 0 saturated carbocycles. The van der Waals surface area contributed by atoms with E-state index >= 15 is 0 Å². The first-order chi connectivity index (χ1) is 15.0. The third-order valence-electron chi connectivity index (χ3n) is 4.78. The molecule has 4 aromatic rings. The van der Waals surface area contributed by atoms with E-state index in [2.05, 4.69) is 10.2 Å². The summed E-state index contributed by atoms with van der Waals surface area (Å²) in [5.74, 6) is 0.462. The SMILES string of the molecule is CN(C)c1cccn2nc(S(C)(=O)=O)c(N)c12.COc1nn2cccc(N(C)C)c2c1N.[CH3-].[CH3-]. The smallest absolute Gasteiger partial charge is 0.257 e. The van der Waals surface area contributed by atoms with Gasteiger partial charge in [0.05, 0.1) is 24.2 Å². The van der Waals surface area contributed by atoms with E-state index in [1.54, 1.807) is 23.9 Å². The van der Waals surface area contributed by atoms with Crippen LogP contribution in [-0.4, -0.2) is 69.2 Å². The van der Waals surface area contributed by atoms with Crippen LogP contribution in [0.4, 0.5) is 22.7 Å². The molecule has 34 heavy (non-hydrogen) atoms. The van der Waals surface area contributed by atoms with Gasteiger partial charge < -0.3 is 40.9 Å². The van der Waals surface area contributed by atoms with Gasteiger partial charge in [-0.3, -0.25) is 0 Å². The Hall–Kier alpha value is -3.67. The fourth-order valence-electron chi connectivity index (χ4n) is 3.31. The molecular weight excluding hydrogens is 456 g/mol. The average molecular weight is 491 g/mol. The summed E-state index contributed by atoms with van der Waals surface area (Å²) in [4.78, 5) is 3.85. The molecule has 0 bridgehead atoms. The molecule has 0 unspecified atom stereocenters. The van der Waals surface area contributed by atoms with E-state index in [1.807, 2.05) is 62.4 Å². The fraction of sp³-hybridized carbons (Fsp3) is 0.273. The van der Waals surface area contributed by atoms with Crippen molar-refractivity contribution in [3.8, 4) is 5.88 Å². The van der Waals surface area contributed by atoms with Crippen LogP contribution in [0.1, 0.15) is 0 Å². The lowest BCUT2D eigenvalue weighted by Crippen LogP contribution is -2.10. The van der Waals surface area contributed by atoms with Gasteiger partial charge >= 0.3 is 0 Å². The maximum absolute atomic E-state index is 11.5. The Balaban J connectivity index is 0.000000323. The van der Waals surface area contributed by atoms with Gasteiger partial charge in [-0.05, 0) is 24.3 Å². The second-order valence-electron chi connectivity index (χ2n) is 7.58. The number of rotatable bonds is 4. The number of aromatic nitrogens is 4. The van der Waals surface area contributed by atoms with Gasteiger partial charge in [-0.2, -0.15) is 5.10 Å². The highest BCUT2D eigenvalue weighted by Crippen LogP contribution is 2.31. The maximum Gasteiger partial charge on any atom is 0.257 e. The third-order valence-corrected chi connectivity index (χ3v) is 5.79. The Labute approximate surface area is 201 Å². The van der Waals surface area contributed by atoms with Crippen molar-refractivity contribution in [2.45, 2.75) is 5.03 Å². The van der Waals surface area contributed by atoms with E-state index in [1.165, 1.54) is 4.52 Å². The Kier molecular flexibility index (Phi) is 8.77. The summed E-state index contributed by atoms with van der Waals surface area (Å²) >= 11 is 0. The molecule has 4 aromatic heterocycles. The number of nitrogen functional groups attached to an aromatic ring is 2. The van der Waals surface area contributed by atoms with Gasteiger partial charge in [-0.25, -0.2) is 17.4 Å². The molecule has 0 saturated heterocycles. The summed E-state index contributed by atoms with van der Waals surface area (Å²) in [6.07, 6.45) is 4.62. The number of hydrogen-bond acceptors (Lipinski definition) is 9. The number of anilines is 4. The largest absolute Gasteiger partial charge is 0.478 e. The Morgan fingerprint density at radius 1 is 0.853 bits per heavy atom. The van der Waals surface area contributed by atoms with Gasteiger partial charge in [0.15, 0.2) is 9.84 Å². The van der Waals surface area contributed by atoms with Crippen LogP contribution in [-0.2, 0) is 9.84 Å². The van der Waals surface area contributed by atoms with Crippen molar-refractivity contribution in [1.82, 2.24) is 19.2 Å².